The van der Waals surface area contributed by atoms with Gasteiger partial charge in [0, 0.05) is 20.0 Å². The van der Waals surface area contributed by atoms with Crippen molar-refractivity contribution in [1.82, 2.24) is 9.80 Å². The Kier molecular flexibility index (Phi) is 5.69. The monoisotopic (exact) mass is 243 g/mol. The van der Waals surface area contributed by atoms with Crippen LogP contribution < -0.4 is 5.73 Å². The summed E-state index contributed by atoms with van der Waals surface area (Å²) in [5.41, 5.74) is 5.41. The molecule has 16 heavy (non-hydrogen) atoms. The Balaban J connectivity index is 2.24. The second-order valence-corrected chi connectivity index (χ2v) is 4.89. The molecule has 92 valence electrons. The van der Waals surface area contributed by atoms with Crippen molar-refractivity contribution < 1.29 is 4.79 Å². The summed E-state index contributed by atoms with van der Waals surface area (Å²) in [6.07, 6.45) is 4.33. The van der Waals surface area contributed by atoms with Gasteiger partial charge in [-0.15, -0.1) is 0 Å². The number of hydrogen-bond acceptors (Lipinski definition) is 3. The molecule has 0 aromatic carbocycles. The van der Waals surface area contributed by atoms with E-state index in [9.17, 15) is 4.79 Å². The Hall–Kier alpha value is -0.680. The first-order valence-corrected chi connectivity index (χ1v) is 6.25. The van der Waals surface area contributed by atoms with Gasteiger partial charge >= 0.3 is 0 Å². The van der Waals surface area contributed by atoms with Crippen LogP contribution in [-0.2, 0) is 4.79 Å². The number of amides is 1. The van der Waals surface area contributed by atoms with E-state index in [1.165, 1.54) is 19.3 Å². The smallest absolute Gasteiger partial charge is 0.236 e. The lowest BCUT2D eigenvalue weighted by molar-refractivity contribution is -0.131. The van der Waals surface area contributed by atoms with Crippen molar-refractivity contribution >= 4 is 23.1 Å². The number of thiocarbonyl (C=S) groups is 1. The maximum atomic E-state index is 11.8. The summed E-state index contributed by atoms with van der Waals surface area (Å²) in [5.74, 6) is 0.165. The second-order valence-electron chi connectivity index (χ2n) is 4.37. The first-order valence-electron chi connectivity index (χ1n) is 5.84. The number of piperidine rings is 1. The molecular formula is C11H21N3OS. The third-order valence-corrected chi connectivity index (χ3v) is 3.13. The van der Waals surface area contributed by atoms with E-state index < -0.39 is 0 Å². The molecule has 0 aromatic rings. The van der Waals surface area contributed by atoms with Crippen LogP contribution in [0.4, 0.5) is 0 Å². The number of nitrogens with two attached hydrogens (primary N) is 1. The molecule has 1 aliphatic rings. The molecule has 5 heteroatoms. The zero-order valence-electron chi connectivity index (χ0n) is 9.95. The standard InChI is InChI=1S/C11H21N3OS/c1-13(8-5-10(12)16)11(15)9-14-6-3-2-4-7-14/h2-9H2,1H3,(H2,12,16). The van der Waals surface area contributed by atoms with Crippen molar-refractivity contribution in [1.29, 1.82) is 0 Å². The average Bonchev–Trinajstić information content (AvgIpc) is 2.27. The molecule has 0 unspecified atom stereocenters. The van der Waals surface area contributed by atoms with E-state index in [0.717, 1.165) is 13.1 Å². The van der Waals surface area contributed by atoms with Crippen LogP contribution in [0.5, 0.6) is 0 Å². The van der Waals surface area contributed by atoms with Gasteiger partial charge in [-0.2, -0.15) is 0 Å². The molecule has 0 aromatic heterocycles. The van der Waals surface area contributed by atoms with Gasteiger partial charge < -0.3 is 10.6 Å². The van der Waals surface area contributed by atoms with Crippen LogP contribution in [0.25, 0.3) is 0 Å². The molecule has 1 rings (SSSR count). The topological polar surface area (TPSA) is 49.6 Å². The van der Waals surface area contributed by atoms with Gasteiger partial charge in [-0.1, -0.05) is 18.6 Å². The van der Waals surface area contributed by atoms with Crippen molar-refractivity contribution in [2.24, 2.45) is 5.73 Å². The molecule has 0 saturated carbocycles. The summed E-state index contributed by atoms with van der Waals surface area (Å²) in [7, 11) is 1.81. The normalized spacial score (nSPS) is 17.1. The van der Waals surface area contributed by atoms with Crippen molar-refractivity contribution in [3.8, 4) is 0 Å². The highest BCUT2D eigenvalue weighted by atomic mass is 32.1. The molecule has 0 aliphatic carbocycles. The van der Waals surface area contributed by atoms with Crippen LogP contribution in [0.3, 0.4) is 0 Å². The predicted octanol–water partition coefficient (Wildman–Crippen LogP) is 0.607. The van der Waals surface area contributed by atoms with Gasteiger partial charge in [0.05, 0.1) is 11.5 Å². The lowest BCUT2D eigenvalue weighted by atomic mass is 10.1. The van der Waals surface area contributed by atoms with Crippen molar-refractivity contribution in [2.75, 3.05) is 33.2 Å². The van der Waals surface area contributed by atoms with E-state index >= 15 is 0 Å². The van der Waals surface area contributed by atoms with Gasteiger partial charge in [-0.3, -0.25) is 9.69 Å². The zero-order valence-corrected chi connectivity index (χ0v) is 10.8. The van der Waals surface area contributed by atoms with E-state index in [1.54, 1.807) is 4.90 Å². The average molecular weight is 243 g/mol. The van der Waals surface area contributed by atoms with Gasteiger partial charge in [-0.05, 0) is 25.9 Å². The van der Waals surface area contributed by atoms with Gasteiger partial charge in [-0.25, -0.2) is 0 Å². The van der Waals surface area contributed by atoms with Crippen LogP contribution in [0.1, 0.15) is 25.7 Å². The lowest BCUT2D eigenvalue weighted by Gasteiger charge is -2.27. The number of carbonyl (C=O) groups excluding carboxylic acids is 1. The van der Waals surface area contributed by atoms with E-state index in [4.69, 9.17) is 18.0 Å². The van der Waals surface area contributed by atoms with Crippen LogP contribution in [0, 0.1) is 0 Å². The first-order chi connectivity index (χ1) is 7.59. The Morgan fingerprint density at radius 3 is 2.56 bits per heavy atom. The minimum atomic E-state index is 0.165. The van der Waals surface area contributed by atoms with E-state index in [2.05, 4.69) is 4.90 Å². The lowest BCUT2D eigenvalue weighted by Crippen LogP contribution is -2.41. The van der Waals surface area contributed by atoms with Crippen LogP contribution >= 0.6 is 12.2 Å². The summed E-state index contributed by atoms with van der Waals surface area (Å²) in [6.45, 7) is 3.26. The quantitative estimate of drug-likeness (QED) is 0.719. The molecule has 0 atom stereocenters. The Labute approximate surface area is 103 Å². The van der Waals surface area contributed by atoms with Crippen molar-refractivity contribution in [3.05, 3.63) is 0 Å². The molecule has 0 bridgehead atoms. The van der Waals surface area contributed by atoms with E-state index in [1.807, 2.05) is 7.05 Å². The molecule has 0 spiro atoms. The molecule has 0 radical (unpaired) electrons. The largest absolute Gasteiger partial charge is 0.393 e. The molecule has 4 nitrogen and oxygen atoms in total. The number of rotatable bonds is 5. The fourth-order valence-electron chi connectivity index (χ4n) is 1.83. The maximum absolute atomic E-state index is 11.8. The van der Waals surface area contributed by atoms with Crippen LogP contribution in [0.15, 0.2) is 0 Å². The van der Waals surface area contributed by atoms with E-state index in [-0.39, 0.29) is 5.91 Å². The fraction of sp³-hybridized carbons (Fsp3) is 0.818. The summed E-state index contributed by atoms with van der Waals surface area (Å²) in [4.78, 5) is 16.2. The molecule has 1 saturated heterocycles. The number of hydrogen-bond donors (Lipinski definition) is 1. The van der Waals surface area contributed by atoms with Gasteiger partial charge in [0.2, 0.25) is 5.91 Å². The molecule has 1 amide bonds. The molecule has 1 aliphatic heterocycles. The van der Waals surface area contributed by atoms with Gasteiger partial charge in [0.1, 0.15) is 0 Å². The summed E-state index contributed by atoms with van der Waals surface area (Å²) < 4.78 is 0. The highest BCUT2D eigenvalue weighted by Gasteiger charge is 2.16. The van der Waals surface area contributed by atoms with Gasteiger partial charge in [0.15, 0.2) is 0 Å². The minimum absolute atomic E-state index is 0.165. The predicted molar refractivity (Wildman–Crippen MR) is 69.3 cm³/mol. The highest BCUT2D eigenvalue weighted by molar-refractivity contribution is 7.80. The van der Waals surface area contributed by atoms with Crippen LogP contribution in [0.2, 0.25) is 0 Å². The summed E-state index contributed by atoms with van der Waals surface area (Å²) in [6, 6.07) is 0. The van der Waals surface area contributed by atoms with Crippen molar-refractivity contribution in [2.45, 2.75) is 25.7 Å². The number of nitrogens with zero attached hydrogens (tertiary/aromatic N) is 2. The SMILES string of the molecule is CN(CCC(N)=S)C(=O)CN1CCCCC1. The molecular weight excluding hydrogens is 222 g/mol. The third kappa shape index (κ3) is 4.90. The Bertz CT molecular complexity index is 252. The number of carbonyl (C=O) groups is 1. The Morgan fingerprint density at radius 2 is 2.00 bits per heavy atom. The molecule has 1 heterocycles. The van der Waals surface area contributed by atoms with Crippen molar-refractivity contribution in [3.63, 3.8) is 0 Å². The van der Waals surface area contributed by atoms with Crippen LogP contribution in [-0.4, -0.2) is 53.9 Å². The van der Waals surface area contributed by atoms with E-state index in [0.29, 0.717) is 24.5 Å². The first kappa shape index (κ1) is 13.4. The third-order valence-electron chi connectivity index (χ3n) is 2.93. The highest BCUT2D eigenvalue weighted by Crippen LogP contribution is 2.08. The fourth-order valence-corrected chi connectivity index (χ4v) is 1.92. The number of likely N-dealkylation sites (N-methyl/N-ethyl adjacent to an activating group) is 1. The maximum Gasteiger partial charge on any atom is 0.236 e. The summed E-state index contributed by atoms with van der Waals surface area (Å²) >= 11 is 4.79. The molecule has 2 N–H and O–H groups in total. The Morgan fingerprint density at radius 1 is 1.38 bits per heavy atom. The number of likely N-dealkylation sites (tertiary alicyclic amines) is 1. The zero-order chi connectivity index (χ0) is 12.0. The molecule has 1 fully saturated rings. The van der Waals surface area contributed by atoms with Gasteiger partial charge in [0.25, 0.3) is 0 Å². The minimum Gasteiger partial charge on any atom is -0.393 e. The summed E-state index contributed by atoms with van der Waals surface area (Å²) in [5, 5.41) is 0. The second kappa shape index (κ2) is 6.81.